The molecule has 0 unspecified atom stereocenters. The molecular formula is C14H22BrFN2O2S. The quantitative estimate of drug-likeness (QED) is 0.698. The third-order valence-electron chi connectivity index (χ3n) is 3.16. The average Bonchev–Trinajstić information content (AvgIpc) is 2.42. The van der Waals surface area contributed by atoms with Gasteiger partial charge >= 0.3 is 0 Å². The monoisotopic (exact) mass is 380 g/mol. The van der Waals surface area contributed by atoms with E-state index in [1.165, 1.54) is 16.4 Å². The minimum Gasteiger partial charge on any atom is -0.399 e. The Bertz CT molecular complexity index is 571. The maximum atomic E-state index is 14.2. The Labute approximate surface area is 134 Å². The molecule has 21 heavy (non-hydrogen) atoms. The summed E-state index contributed by atoms with van der Waals surface area (Å²) in [6.07, 6.45) is 3.24. The molecule has 0 bridgehead atoms. The van der Waals surface area contributed by atoms with Crippen LogP contribution >= 0.6 is 15.9 Å². The smallest absolute Gasteiger partial charge is 0.246 e. The summed E-state index contributed by atoms with van der Waals surface area (Å²) in [6, 6.07) is 2.54. The standard InChI is InChI=1S/C14H22BrFN2O2S/c1-3-5-7-18(8-6-4-2)21(19,20)13-10-11(17)9-12(15)14(13)16/h9-10H,3-8,17H2,1-2H3. The number of hydrogen-bond acceptors (Lipinski definition) is 3. The van der Waals surface area contributed by atoms with Gasteiger partial charge in [-0.25, -0.2) is 12.8 Å². The number of nitrogen functional groups attached to an aromatic ring is 1. The molecule has 0 amide bonds. The van der Waals surface area contributed by atoms with Gasteiger partial charge in [-0.1, -0.05) is 26.7 Å². The summed E-state index contributed by atoms with van der Waals surface area (Å²) in [5, 5.41) is 0. The van der Waals surface area contributed by atoms with Crippen LogP contribution in [0.15, 0.2) is 21.5 Å². The van der Waals surface area contributed by atoms with E-state index in [1.54, 1.807) is 0 Å². The zero-order valence-corrected chi connectivity index (χ0v) is 14.8. The van der Waals surface area contributed by atoms with Crippen molar-refractivity contribution < 1.29 is 12.8 Å². The van der Waals surface area contributed by atoms with E-state index in [4.69, 9.17) is 5.73 Å². The van der Waals surface area contributed by atoms with E-state index in [-0.39, 0.29) is 15.1 Å². The summed E-state index contributed by atoms with van der Waals surface area (Å²) in [5.74, 6) is -0.790. The SMILES string of the molecule is CCCCN(CCCC)S(=O)(=O)c1cc(N)cc(Br)c1F. The fourth-order valence-corrected chi connectivity index (χ4v) is 4.18. The molecule has 0 atom stereocenters. The van der Waals surface area contributed by atoms with Crippen LogP contribution < -0.4 is 5.73 Å². The summed E-state index contributed by atoms with van der Waals surface area (Å²) < 4.78 is 40.9. The number of benzene rings is 1. The third kappa shape index (κ3) is 4.66. The van der Waals surface area contributed by atoms with Crippen LogP contribution in [0.2, 0.25) is 0 Å². The summed E-state index contributed by atoms with van der Waals surface area (Å²) in [4.78, 5) is -0.360. The van der Waals surface area contributed by atoms with Gasteiger partial charge in [0, 0.05) is 18.8 Å². The average molecular weight is 381 g/mol. The maximum Gasteiger partial charge on any atom is 0.246 e. The lowest BCUT2D eigenvalue weighted by Crippen LogP contribution is -2.33. The van der Waals surface area contributed by atoms with Gasteiger partial charge in [-0.3, -0.25) is 0 Å². The van der Waals surface area contributed by atoms with Crippen molar-refractivity contribution >= 4 is 31.6 Å². The molecule has 0 saturated heterocycles. The number of sulfonamides is 1. The van der Waals surface area contributed by atoms with E-state index in [0.717, 1.165) is 25.7 Å². The third-order valence-corrected chi connectivity index (χ3v) is 5.63. The topological polar surface area (TPSA) is 63.4 Å². The van der Waals surface area contributed by atoms with Gasteiger partial charge in [-0.2, -0.15) is 4.31 Å². The van der Waals surface area contributed by atoms with E-state index < -0.39 is 15.8 Å². The number of anilines is 1. The molecule has 0 spiro atoms. The number of nitrogens with two attached hydrogens (primary N) is 1. The lowest BCUT2D eigenvalue weighted by atomic mass is 10.3. The summed E-state index contributed by atoms with van der Waals surface area (Å²) in [6.45, 7) is 4.76. The van der Waals surface area contributed by atoms with Crippen molar-refractivity contribution in [3.8, 4) is 0 Å². The molecule has 1 rings (SSSR count). The Morgan fingerprint density at radius 2 is 1.71 bits per heavy atom. The molecule has 2 N–H and O–H groups in total. The first-order chi connectivity index (χ1) is 9.84. The first-order valence-corrected chi connectivity index (χ1v) is 9.32. The van der Waals surface area contributed by atoms with Gasteiger partial charge in [0.1, 0.15) is 4.90 Å². The largest absolute Gasteiger partial charge is 0.399 e. The maximum absolute atomic E-state index is 14.2. The highest BCUT2D eigenvalue weighted by Crippen LogP contribution is 2.28. The minimum absolute atomic E-state index is 0.0620. The van der Waals surface area contributed by atoms with E-state index in [0.29, 0.717) is 13.1 Å². The second-order valence-electron chi connectivity index (χ2n) is 4.93. The predicted octanol–water partition coefficient (Wildman–Crippen LogP) is 3.76. The molecule has 0 saturated carbocycles. The number of nitrogens with zero attached hydrogens (tertiary/aromatic N) is 1. The van der Waals surface area contributed by atoms with Crippen molar-refractivity contribution in [3.63, 3.8) is 0 Å². The predicted molar refractivity (Wildman–Crippen MR) is 87.1 cm³/mol. The lowest BCUT2D eigenvalue weighted by molar-refractivity contribution is 0.392. The number of halogens is 2. The number of rotatable bonds is 8. The van der Waals surface area contributed by atoms with Gasteiger partial charge in [-0.05, 0) is 40.9 Å². The fraction of sp³-hybridized carbons (Fsp3) is 0.571. The molecule has 7 heteroatoms. The minimum atomic E-state index is -3.87. The van der Waals surface area contributed by atoms with E-state index in [2.05, 4.69) is 15.9 Å². The zero-order chi connectivity index (χ0) is 16.0. The van der Waals surface area contributed by atoms with Crippen LogP contribution in [0.1, 0.15) is 39.5 Å². The Morgan fingerprint density at radius 1 is 1.19 bits per heavy atom. The second kappa shape index (κ2) is 8.10. The van der Waals surface area contributed by atoms with Gasteiger partial charge in [0.15, 0.2) is 5.82 Å². The van der Waals surface area contributed by atoms with E-state index >= 15 is 0 Å². The number of hydrogen-bond donors (Lipinski definition) is 1. The molecule has 1 aromatic carbocycles. The van der Waals surface area contributed by atoms with Crippen LogP contribution in [-0.2, 0) is 10.0 Å². The van der Waals surface area contributed by atoms with Gasteiger partial charge in [0.25, 0.3) is 0 Å². The molecule has 0 heterocycles. The molecule has 0 radical (unpaired) electrons. The van der Waals surface area contributed by atoms with Crippen molar-refractivity contribution in [1.29, 1.82) is 0 Å². The van der Waals surface area contributed by atoms with E-state index in [1.807, 2.05) is 13.8 Å². The molecule has 0 fully saturated rings. The highest BCUT2D eigenvalue weighted by molar-refractivity contribution is 9.10. The summed E-state index contributed by atoms with van der Waals surface area (Å²) in [5.41, 5.74) is 5.86. The Morgan fingerprint density at radius 3 is 2.19 bits per heavy atom. The molecule has 0 aliphatic rings. The molecular weight excluding hydrogens is 359 g/mol. The van der Waals surface area contributed by atoms with Crippen LogP contribution in [0.3, 0.4) is 0 Å². The van der Waals surface area contributed by atoms with Crippen LogP contribution in [0, 0.1) is 5.82 Å². The summed E-state index contributed by atoms with van der Waals surface area (Å²) in [7, 11) is -3.87. The normalized spacial score (nSPS) is 12.0. The van der Waals surface area contributed by atoms with Crippen LogP contribution in [0.4, 0.5) is 10.1 Å². The van der Waals surface area contributed by atoms with Crippen molar-refractivity contribution in [1.82, 2.24) is 4.31 Å². The van der Waals surface area contributed by atoms with Gasteiger partial charge in [0.05, 0.1) is 4.47 Å². The molecule has 1 aromatic rings. The van der Waals surface area contributed by atoms with Gasteiger partial charge in [0.2, 0.25) is 10.0 Å². The Balaban J connectivity index is 3.21. The number of unbranched alkanes of at least 4 members (excludes halogenated alkanes) is 2. The first kappa shape index (κ1) is 18.4. The van der Waals surface area contributed by atoms with E-state index in [9.17, 15) is 12.8 Å². The van der Waals surface area contributed by atoms with Gasteiger partial charge < -0.3 is 5.73 Å². The molecule has 120 valence electrons. The van der Waals surface area contributed by atoms with Gasteiger partial charge in [-0.15, -0.1) is 0 Å². The van der Waals surface area contributed by atoms with Crippen LogP contribution in [0.5, 0.6) is 0 Å². The highest BCUT2D eigenvalue weighted by atomic mass is 79.9. The Kier molecular flexibility index (Phi) is 7.09. The lowest BCUT2D eigenvalue weighted by Gasteiger charge is -2.22. The zero-order valence-electron chi connectivity index (χ0n) is 12.4. The molecule has 0 aliphatic heterocycles. The van der Waals surface area contributed by atoms with Crippen molar-refractivity contribution in [3.05, 3.63) is 22.4 Å². The van der Waals surface area contributed by atoms with Crippen molar-refractivity contribution in [2.45, 2.75) is 44.4 Å². The first-order valence-electron chi connectivity index (χ1n) is 7.09. The second-order valence-corrected chi connectivity index (χ2v) is 7.69. The highest BCUT2D eigenvalue weighted by Gasteiger charge is 2.28. The summed E-state index contributed by atoms with van der Waals surface area (Å²) >= 11 is 3.01. The Hall–Kier alpha value is -0.660. The van der Waals surface area contributed by atoms with Crippen LogP contribution in [0.25, 0.3) is 0 Å². The van der Waals surface area contributed by atoms with Crippen molar-refractivity contribution in [2.24, 2.45) is 0 Å². The molecule has 4 nitrogen and oxygen atoms in total. The van der Waals surface area contributed by atoms with Crippen molar-refractivity contribution in [2.75, 3.05) is 18.8 Å². The fourth-order valence-electron chi connectivity index (χ4n) is 1.93. The van der Waals surface area contributed by atoms with Crippen LogP contribution in [-0.4, -0.2) is 25.8 Å². The molecule has 0 aliphatic carbocycles. The molecule has 0 aromatic heterocycles.